The van der Waals surface area contributed by atoms with E-state index in [1.54, 1.807) is 5.38 Å². The number of benzene rings is 3. The van der Waals surface area contributed by atoms with E-state index in [-0.39, 0.29) is 18.0 Å². The van der Waals surface area contributed by atoms with Gasteiger partial charge in [0.25, 0.3) is 0 Å². The third kappa shape index (κ3) is 7.90. The van der Waals surface area contributed by atoms with E-state index in [9.17, 15) is 18.0 Å². The number of hydrogen-bond acceptors (Lipinski definition) is 6. The fraction of sp³-hybridized carbons (Fsp3) is 0.148. The van der Waals surface area contributed by atoms with E-state index in [0.29, 0.717) is 23.2 Å². The molecular formula is C27H22BrF3N4O2S. The normalized spacial score (nSPS) is 11.5. The number of carbonyl (C=O) groups is 1. The summed E-state index contributed by atoms with van der Waals surface area (Å²) in [7, 11) is 0. The number of amides is 1. The Labute approximate surface area is 229 Å². The second-order valence-electron chi connectivity index (χ2n) is 8.28. The van der Waals surface area contributed by atoms with Crippen molar-refractivity contribution in [1.29, 1.82) is 0 Å². The first-order valence-electron chi connectivity index (χ1n) is 11.3. The highest BCUT2D eigenvalue weighted by atomic mass is 79.9. The number of nitrogens with one attached hydrogen (secondary N) is 2. The number of thiazole rings is 1. The Hall–Kier alpha value is -3.70. The Bertz CT molecular complexity index is 1440. The van der Waals surface area contributed by atoms with Crippen LogP contribution in [0.5, 0.6) is 5.75 Å². The van der Waals surface area contributed by atoms with E-state index >= 15 is 0 Å². The van der Waals surface area contributed by atoms with Gasteiger partial charge in [0.1, 0.15) is 12.4 Å². The number of alkyl halides is 3. The lowest BCUT2D eigenvalue weighted by molar-refractivity contribution is -0.137. The molecule has 0 atom stereocenters. The molecule has 4 aromatic rings. The summed E-state index contributed by atoms with van der Waals surface area (Å²) < 4.78 is 45.3. The maximum atomic E-state index is 12.9. The number of halogens is 4. The number of hydrazone groups is 1. The number of ether oxygens (including phenoxy) is 1. The fourth-order valence-electron chi connectivity index (χ4n) is 3.29. The molecule has 6 nitrogen and oxygen atoms in total. The van der Waals surface area contributed by atoms with Crippen molar-refractivity contribution in [3.8, 4) is 5.75 Å². The fourth-order valence-corrected chi connectivity index (χ4v) is 4.53. The van der Waals surface area contributed by atoms with Crippen molar-refractivity contribution in [2.75, 3.05) is 5.32 Å². The number of nitrogens with zero attached hydrogens (tertiary/aromatic N) is 2. The molecule has 4 rings (SSSR count). The minimum Gasteiger partial charge on any atom is -0.488 e. The monoisotopic (exact) mass is 602 g/mol. The number of aryl methyl sites for hydroxylation is 1. The first-order chi connectivity index (χ1) is 18.2. The summed E-state index contributed by atoms with van der Waals surface area (Å²) in [5.74, 6) is 0.305. The highest BCUT2D eigenvalue weighted by Gasteiger charge is 2.30. The molecule has 196 valence electrons. The maximum absolute atomic E-state index is 12.9. The Morgan fingerprint density at radius 1 is 1.13 bits per heavy atom. The lowest BCUT2D eigenvalue weighted by Crippen LogP contribution is -2.19. The molecule has 0 bridgehead atoms. The third-order valence-corrected chi connectivity index (χ3v) is 6.63. The molecule has 38 heavy (non-hydrogen) atoms. The van der Waals surface area contributed by atoms with E-state index in [4.69, 9.17) is 4.74 Å². The number of anilines is 2. The molecule has 1 heterocycles. The van der Waals surface area contributed by atoms with Crippen LogP contribution in [0.25, 0.3) is 0 Å². The SMILES string of the molecule is Cc1ccc(COc2ccc(/C=N\NC(=O)Cc3csc(Nc4cccc(C(F)(F)F)c4)n3)cc2Br)cc1. The molecule has 0 spiro atoms. The van der Waals surface area contributed by atoms with Gasteiger partial charge in [-0.3, -0.25) is 4.79 Å². The summed E-state index contributed by atoms with van der Waals surface area (Å²) in [5, 5.41) is 8.86. The molecule has 0 aliphatic carbocycles. The van der Waals surface area contributed by atoms with Crippen molar-refractivity contribution < 1.29 is 22.7 Å². The van der Waals surface area contributed by atoms with Crippen molar-refractivity contribution in [2.45, 2.75) is 26.1 Å². The number of rotatable bonds is 9. The van der Waals surface area contributed by atoms with Gasteiger partial charge in [0.2, 0.25) is 5.91 Å². The van der Waals surface area contributed by atoms with Crippen molar-refractivity contribution in [3.63, 3.8) is 0 Å². The smallest absolute Gasteiger partial charge is 0.416 e. The Morgan fingerprint density at radius 3 is 2.66 bits per heavy atom. The van der Waals surface area contributed by atoms with Crippen LogP contribution in [0.15, 0.2) is 81.7 Å². The molecule has 2 N–H and O–H groups in total. The topological polar surface area (TPSA) is 75.6 Å². The zero-order valence-corrected chi connectivity index (χ0v) is 22.5. The first-order valence-corrected chi connectivity index (χ1v) is 13.0. The average molecular weight is 603 g/mol. The summed E-state index contributed by atoms with van der Waals surface area (Å²) in [6.07, 6.45) is -2.96. The van der Waals surface area contributed by atoms with Gasteiger partial charge in [0, 0.05) is 11.1 Å². The van der Waals surface area contributed by atoms with Crippen LogP contribution in [0.2, 0.25) is 0 Å². The molecule has 0 fully saturated rings. The van der Waals surface area contributed by atoms with Gasteiger partial charge >= 0.3 is 6.18 Å². The first kappa shape index (κ1) is 27.3. The van der Waals surface area contributed by atoms with Gasteiger partial charge in [-0.1, -0.05) is 35.9 Å². The highest BCUT2D eigenvalue weighted by molar-refractivity contribution is 9.10. The third-order valence-electron chi connectivity index (χ3n) is 5.21. The predicted molar refractivity (Wildman–Crippen MR) is 146 cm³/mol. The van der Waals surface area contributed by atoms with Gasteiger partial charge in [-0.05, 0) is 70.4 Å². The Morgan fingerprint density at radius 2 is 1.92 bits per heavy atom. The molecule has 0 aliphatic heterocycles. The Kier molecular flexibility index (Phi) is 8.80. The lowest BCUT2D eigenvalue weighted by atomic mass is 10.2. The second kappa shape index (κ2) is 12.2. The highest BCUT2D eigenvalue weighted by Crippen LogP contribution is 2.32. The van der Waals surface area contributed by atoms with Crippen LogP contribution in [0.4, 0.5) is 24.0 Å². The molecule has 3 aromatic carbocycles. The minimum absolute atomic E-state index is 0.0341. The number of aromatic nitrogens is 1. The van der Waals surface area contributed by atoms with Crippen LogP contribution in [0, 0.1) is 6.92 Å². The predicted octanol–water partition coefficient (Wildman–Crippen LogP) is 7.25. The van der Waals surface area contributed by atoms with Crippen LogP contribution in [-0.4, -0.2) is 17.1 Å². The van der Waals surface area contributed by atoms with Gasteiger partial charge in [-0.15, -0.1) is 11.3 Å². The molecule has 0 saturated carbocycles. The molecule has 0 radical (unpaired) electrons. The van der Waals surface area contributed by atoms with Crippen LogP contribution in [-0.2, 0) is 24.0 Å². The molecule has 0 saturated heterocycles. The van der Waals surface area contributed by atoms with Crippen molar-refractivity contribution >= 4 is 50.2 Å². The van der Waals surface area contributed by atoms with E-state index in [2.05, 4.69) is 36.8 Å². The average Bonchev–Trinajstić information content (AvgIpc) is 3.30. The van der Waals surface area contributed by atoms with Crippen molar-refractivity contribution in [1.82, 2.24) is 10.4 Å². The molecule has 1 aromatic heterocycles. The van der Waals surface area contributed by atoms with E-state index in [1.165, 1.54) is 35.2 Å². The van der Waals surface area contributed by atoms with Crippen LogP contribution >= 0.6 is 27.3 Å². The van der Waals surface area contributed by atoms with Crippen LogP contribution in [0.3, 0.4) is 0 Å². The molecule has 0 aliphatic rings. The van der Waals surface area contributed by atoms with Crippen LogP contribution in [0.1, 0.15) is 27.9 Å². The second-order valence-corrected chi connectivity index (χ2v) is 9.99. The zero-order valence-electron chi connectivity index (χ0n) is 20.1. The molecule has 11 heteroatoms. The number of carbonyl (C=O) groups excluding carboxylic acids is 1. The van der Waals surface area contributed by atoms with E-state index < -0.39 is 11.7 Å². The quantitative estimate of drug-likeness (QED) is 0.156. The van der Waals surface area contributed by atoms with Gasteiger partial charge in [0.05, 0.1) is 28.4 Å². The summed E-state index contributed by atoms with van der Waals surface area (Å²) in [5.41, 5.74) is 5.42. The Balaban J connectivity index is 1.26. The zero-order chi connectivity index (χ0) is 27.1. The number of hydrogen-bond donors (Lipinski definition) is 2. The van der Waals surface area contributed by atoms with Gasteiger partial charge in [-0.25, -0.2) is 10.4 Å². The van der Waals surface area contributed by atoms with E-state index in [1.807, 2.05) is 49.4 Å². The summed E-state index contributed by atoms with van der Waals surface area (Å²) in [6, 6.07) is 18.4. The molecular weight excluding hydrogens is 581 g/mol. The van der Waals surface area contributed by atoms with Crippen molar-refractivity contribution in [2.24, 2.45) is 5.10 Å². The lowest BCUT2D eigenvalue weighted by Gasteiger charge is -2.09. The van der Waals surface area contributed by atoms with Crippen LogP contribution < -0.4 is 15.5 Å². The molecule has 0 unspecified atom stereocenters. The van der Waals surface area contributed by atoms with Crippen molar-refractivity contribution in [3.05, 3.63) is 105 Å². The largest absolute Gasteiger partial charge is 0.488 e. The van der Waals surface area contributed by atoms with Gasteiger partial charge < -0.3 is 10.1 Å². The standard InChI is InChI=1S/C27H22BrF3N4O2S/c1-17-5-7-18(8-6-17)15-37-24-10-9-19(11-23(24)28)14-32-35-25(36)13-22-16-38-26(34-22)33-21-4-2-3-20(12-21)27(29,30)31/h2-12,14,16H,13,15H2,1H3,(H,33,34)(H,35,36)/b32-14-. The van der Waals surface area contributed by atoms with Gasteiger partial charge in [-0.2, -0.15) is 18.3 Å². The summed E-state index contributed by atoms with van der Waals surface area (Å²) >= 11 is 4.68. The van der Waals surface area contributed by atoms with E-state index in [0.717, 1.165) is 27.7 Å². The summed E-state index contributed by atoms with van der Waals surface area (Å²) in [4.78, 5) is 16.5. The molecule has 1 amide bonds. The summed E-state index contributed by atoms with van der Waals surface area (Å²) in [6.45, 7) is 2.47. The maximum Gasteiger partial charge on any atom is 0.416 e. The van der Waals surface area contributed by atoms with Gasteiger partial charge in [0.15, 0.2) is 5.13 Å². The minimum atomic E-state index is -4.43.